The van der Waals surface area contributed by atoms with E-state index in [-0.39, 0.29) is 29.8 Å². The van der Waals surface area contributed by atoms with Crippen molar-refractivity contribution >= 4 is 40.2 Å². The fourth-order valence-corrected chi connectivity index (χ4v) is 5.26. The van der Waals surface area contributed by atoms with E-state index >= 15 is 0 Å². The molecule has 0 bridgehead atoms. The van der Waals surface area contributed by atoms with Crippen molar-refractivity contribution in [3.05, 3.63) is 6.20 Å². The molecule has 2 aliphatic rings. The number of carbonyl (C=O) groups excluding carboxylic acids is 2. The highest BCUT2D eigenvalue weighted by molar-refractivity contribution is 8.01. The molecule has 150 valence electrons. The molecule has 1 saturated carbocycles. The number of urea groups is 1. The molecular formula is C18H27N3O4S2. The van der Waals surface area contributed by atoms with Crippen molar-refractivity contribution in [3.63, 3.8) is 0 Å². The van der Waals surface area contributed by atoms with Crippen LogP contribution in [0.15, 0.2) is 10.4 Å². The summed E-state index contributed by atoms with van der Waals surface area (Å²) in [5.41, 5.74) is 0. The Morgan fingerprint density at radius 3 is 2.85 bits per heavy atom. The molecule has 3 rings (SSSR count). The summed E-state index contributed by atoms with van der Waals surface area (Å²) < 4.78 is 11.3. The molecule has 2 fully saturated rings. The Bertz CT molecular complexity index is 628. The van der Waals surface area contributed by atoms with E-state index in [0.717, 1.165) is 23.5 Å². The van der Waals surface area contributed by atoms with E-state index in [1.807, 2.05) is 4.90 Å². The van der Waals surface area contributed by atoms with Crippen LogP contribution in [0, 0.1) is 0 Å². The first-order valence-corrected chi connectivity index (χ1v) is 11.4. The number of esters is 1. The van der Waals surface area contributed by atoms with E-state index in [9.17, 15) is 9.59 Å². The summed E-state index contributed by atoms with van der Waals surface area (Å²) in [4.78, 5) is 30.8. The van der Waals surface area contributed by atoms with Crippen LogP contribution in [-0.2, 0) is 14.3 Å². The van der Waals surface area contributed by atoms with E-state index < -0.39 is 0 Å². The summed E-state index contributed by atoms with van der Waals surface area (Å²) in [5, 5.41) is 3.52. The van der Waals surface area contributed by atoms with Crippen LogP contribution in [0.5, 0.6) is 0 Å². The Morgan fingerprint density at radius 2 is 2.15 bits per heavy atom. The van der Waals surface area contributed by atoms with Crippen molar-refractivity contribution in [2.45, 2.75) is 61.7 Å². The number of amides is 2. The van der Waals surface area contributed by atoms with Crippen LogP contribution in [0.3, 0.4) is 0 Å². The van der Waals surface area contributed by atoms with E-state index in [1.165, 1.54) is 42.4 Å². The lowest BCUT2D eigenvalue weighted by Gasteiger charge is -2.37. The van der Waals surface area contributed by atoms with Crippen molar-refractivity contribution in [1.29, 1.82) is 0 Å². The van der Waals surface area contributed by atoms with Gasteiger partial charge >= 0.3 is 12.0 Å². The van der Waals surface area contributed by atoms with Crippen molar-refractivity contribution in [2.75, 3.05) is 30.9 Å². The molecule has 27 heavy (non-hydrogen) atoms. The van der Waals surface area contributed by atoms with Gasteiger partial charge in [0.25, 0.3) is 0 Å². The highest BCUT2D eigenvalue weighted by atomic mass is 32.2. The molecule has 7 nitrogen and oxygen atoms in total. The SMILES string of the molecule is CCOC(=O)CSc1cnc(NC(=O)N(C2CCCCC2)[C@@H]2CCOC2)s1. The van der Waals surface area contributed by atoms with E-state index in [0.29, 0.717) is 25.0 Å². The fourth-order valence-electron chi connectivity index (χ4n) is 3.60. The van der Waals surface area contributed by atoms with Gasteiger partial charge in [-0.3, -0.25) is 10.1 Å². The number of nitrogens with zero attached hydrogens (tertiary/aromatic N) is 2. The van der Waals surface area contributed by atoms with Crippen molar-refractivity contribution in [2.24, 2.45) is 0 Å². The van der Waals surface area contributed by atoms with Gasteiger partial charge in [0.05, 0.1) is 35.4 Å². The summed E-state index contributed by atoms with van der Waals surface area (Å²) in [5.74, 6) is 0.00279. The third kappa shape index (κ3) is 5.83. The predicted octanol–water partition coefficient (Wildman–Crippen LogP) is 3.75. The molecule has 1 atom stereocenters. The van der Waals surface area contributed by atoms with Crippen LogP contribution in [0.2, 0.25) is 0 Å². The molecule has 1 aromatic rings. The van der Waals surface area contributed by atoms with Crippen LogP contribution >= 0.6 is 23.1 Å². The normalized spacial score (nSPS) is 20.4. The minimum Gasteiger partial charge on any atom is -0.465 e. The third-order valence-corrected chi connectivity index (χ3v) is 6.92. The molecule has 0 spiro atoms. The van der Waals surface area contributed by atoms with Crippen molar-refractivity contribution < 1.29 is 19.1 Å². The number of anilines is 1. The topological polar surface area (TPSA) is 80.8 Å². The Morgan fingerprint density at radius 1 is 1.33 bits per heavy atom. The zero-order valence-electron chi connectivity index (χ0n) is 15.6. The molecule has 1 aliphatic heterocycles. The maximum atomic E-state index is 13.0. The monoisotopic (exact) mass is 413 g/mol. The van der Waals surface area contributed by atoms with Crippen LogP contribution in [0.4, 0.5) is 9.93 Å². The van der Waals surface area contributed by atoms with Gasteiger partial charge in [-0.15, -0.1) is 11.8 Å². The summed E-state index contributed by atoms with van der Waals surface area (Å²) in [6.07, 6.45) is 8.30. The minimum absolute atomic E-state index is 0.0892. The van der Waals surface area contributed by atoms with Crippen LogP contribution < -0.4 is 5.32 Å². The van der Waals surface area contributed by atoms with Gasteiger partial charge in [0.2, 0.25) is 0 Å². The number of hydrogen-bond donors (Lipinski definition) is 1. The third-order valence-electron chi connectivity index (χ3n) is 4.84. The molecule has 0 unspecified atom stereocenters. The quantitative estimate of drug-likeness (QED) is 0.542. The molecule has 2 heterocycles. The summed E-state index contributed by atoms with van der Waals surface area (Å²) in [6.45, 7) is 3.50. The zero-order chi connectivity index (χ0) is 19.1. The summed E-state index contributed by atoms with van der Waals surface area (Å²) in [7, 11) is 0. The number of rotatable bonds is 7. The number of hydrogen-bond acceptors (Lipinski definition) is 7. The number of thioether (sulfide) groups is 1. The Labute approximate surface area is 168 Å². The van der Waals surface area contributed by atoms with Gasteiger partial charge < -0.3 is 14.4 Å². The average molecular weight is 414 g/mol. The van der Waals surface area contributed by atoms with Gasteiger partial charge in [0, 0.05) is 12.6 Å². The molecule has 1 N–H and O–H groups in total. The Hall–Kier alpha value is -1.32. The van der Waals surface area contributed by atoms with Crippen LogP contribution in [0.1, 0.15) is 45.4 Å². The molecular weight excluding hydrogens is 386 g/mol. The van der Waals surface area contributed by atoms with Gasteiger partial charge in [-0.1, -0.05) is 30.6 Å². The highest BCUT2D eigenvalue weighted by Crippen LogP contribution is 2.30. The maximum absolute atomic E-state index is 13.0. The largest absolute Gasteiger partial charge is 0.465 e. The summed E-state index contributed by atoms with van der Waals surface area (Å²) in [6, 6.07) is 0.336. The fraction of sp³-hybridized carbons (Fsp3) is 0.722. The Balaban J connectivity index is 1.59. The minimum atomic E-state index is -0.244. The Kier molecular flexibility index (Phi) is 7.78. The lowest BCUT2D eigenvalue weighted by atomic mass is 9.93. The smallest absolute Gasteiger partial charge is 0.324 e. The molecule has 9 heteroatoms. The first-order chi connectivity index (χ1) is 13.2. The second-order valence-corrected chi connectivity index (χ2v) is 9.03. The second-order valence-electron chi connectivity index (χ2n) is 6.72. The van der Waals surface area contributed by atoms with Crippen LogP contribution in [-0.4, -0.2) is 59.5 Å². The van der Waals surface area contributed by atoms with Gasteiger partial charge in [-0.05, 0) is 26.2 Å². The summed E-state index contributed by atoms with van der Waals surface area (Å²) >= 11 is 2.76. The predicted molar refractivity (Wildman–Crippen MR) is 106 cm³/mol. The maximum Gasteiger partial charge on any atom is 0.324 e. The van der Waals surface area contributed by atoms with Gasteiger partial charge in [-0.2, -0.15) is 0 Å². The molecule has 2 amide bonds. The average Bonchev–Trinajstić information content (AvgIpc) is 3.34. The van der Waals surface area contributed by atoms with Crippen molar-refractivity contribution in [3.8, 4) is 0 Å². The van der Waals surface area contributed by atoms with Crippen LogP contribution in [0.25, 0.3) is 0 Å². The second kappa shape index (κ2) is 10.3. The van der Waals surface area contributed by atoms with E-state index in [4.69, 9.17) is 9.47 Å². The number of aromatic nitrogens is 1. The number of ether oxygens (including phenoxy) is 2. The first-order valence-electron chi connectivity index (χ1n) is 9.58. The lowest BCUT2D eigenvalue weighted by Crippen LogP contribution is -2.50. The molecule has 1 saturated heterocycles. The lowest BCUT2D eigenvalue weighted by molar-refractivity contribution is -0.139. The van der Waals surface area contributed by atoms with Gasteiger partial charge in [0.15, 0.2) is 5.13 Å². The van der Waals surface area contributed by atoms with E-state index in [2.05, 4.69) is 10.3 Å². The molecule has 0 radical (unpaired) electrons. The number of carbonyl (C=O) groups is 2. The number of nitrogens with one attached hydrogen (secondary N) is 1. The highest BCUT2D eigenvalue weighted by Gasteiger charge is 2.34. The molecule has 1 aliphatic carbocycles. The van der Waals surface area contributed by atoms with Gasteiger partial charge in [0.1, 0.15) is 0 Å². The molecule has 0 aromatic carbocycles. The van der Waals surface area contributed by atoms with E-state index in [1.54, 1.807) is 13.1 Å². The standard InChI is InChI=1S/C18H27N3O4S2/c1-2-25-15(22)12-26-16-10-19-17(27-16)20-18(23)21(14-8-9-24-11-14)13-6-4-3-5-7-13/h10,13-14H,2-9,11-12H2,1H3,(H,19,20,23)/t14-/m1/s1. The zero-order valence-corrected chi connectivity index (χ0v) is 17.3. The molecule has 1 aromatic heterocycles. The first kappa shape index (κ1) is 20.4. The van der Waals surface area contributed by atoms with Crippen molar-refractivity contribution in [1.82, 2.24) is 9.88 Å². The van der Waals surface area contributed by atoms with Gasteiger partial charge in [-0.25, -0.2) is 9.78 Å². The number of thiazole rings is 1.